The van der Waals surface area contributed by atoms with Gasteiger partial charge in [0.2, 0.25) is 0 Å². The molecule has 4 nitrogen and oxygen atoms in total. The Hall–Kier alpha value is -0.130. The summed E-state index contributed by atoms with van der Waals surface area (Å²) >= 11 is 0. The molecule has 0 aromatic heterocycles. The van der Waals surface area contributed by atoms with Crippen LogP contribution in [-0.4, -0.2) is 27.6 Å². The summed E-state index contributed by atoms with van der Waals surface area (Å²) in [6, 6.07) is 0.691. The van der Waals surface area contributed by atoms with Crippen molar-refractivity contribution in [2.24, 2.45) is 0 Å². The smallest absolute Gasteiger partial charge is 0.257 e. The van der Waals surface area contributed by atoms with E-state index in [9.17, 15) is 8.42 Å². The van der Waals surface area contributed by atoms with E-state index in [0.29, 0.717) is 12.6 Å². The molecule has 0 aromatic rings. The second-order valence-electron chi connectivity index (χ2n) is 2.64. The van der Waals surface area contributed by atoms with E-state index in [4.69, 9.17) is 0 Å². The molecular formula is C6H13NO3S. The van der Waals surface area contributed by atoms with Gasteiger partial charge in [-0.3, -0.25) is 4.18 Å². The number of hydrogen-bond donors (Lipinski definition) is 2. The topological polar surface area (TPSA) is 55.4 Å². The van der Waals surface area contributed by atoms with Gasteiger partial charge in [-0.15, -0.1) is 0 Å². The van der Waals surface area contributed by atoms with E-state index in [1.54, 1.807) is 0 Å². The average Bonchev–Trinajstić information content (AvgIpc) is 2.70. The van der Waals surface area contributed by atoms with Crippen LogP contribution in [0.15, 0.2) is 0 Å². The summed E-state index contributed by atoms with van der Waals surface area (Å²) < 4.78 is 24.2. The summed E-state index contributed by atoms with van der Waals surface area (Å²) in [6.07, 6.45) is 3.28. The summed E-state index contributed by atoms with van der Waals surface area (Å²) in [4.78, 5) is 0. The van der Waals surface area contributed by atoms with Crippen LogP contribution in [0.5, 0.6) is 0 Å². The zero-order valence-corrected chi connectivity index (χ0v) is 7.18. The Morgan fingerprint density at radius 2 is 2.18 bits per heavy atom. The van der Waals surface area contributed by atoms with Crippen molar-refractivity contribution in [3.8, 4) is 0 Å². The lowest BCUT2D eigenvalue weighted by atomic mass is 10.4. The van der Waals surface area contributed by atoms with E-state index >= 15 is 0 Å². The molecule has 11 heavy (non-hydrogen) atoms. The predicted molar refractivity (Wildman–Crippen MR) is 41.9 cm³/mol. The van der Waals surface area contributed by atoms with Crippen LogP contribution in [-0.2, 0) is 15.2 Å². The maximum atomic E-state index is 9.90. The van der Waals surface area contributed by atoms with Crippen LogP contribution in [0.1, 0.15) is 19.3 Å². The SMILES string of the molecule is O=[SH](=O)OCCCNC1CC1. The highest BCUT2D eigenvalue weighted by atomic mass is 32.2. The maximum Gasteiger partial charge on any atom is 0.257 e. The lowest BCUT2D eigenvalue weighted by Crippen LogP contribution is -2.18. The summed E-state index contributed by atoms with van der Waals surface area (Å²) in [5, 5.41) is 3.25. The third-order valence-corrected chi connectivity index (χ3v) is 1.92. The first kappa shape index (κ1) is 8.96. The number of thiol groups is 1. The fourth-order valence-electron chi connectivity index (χ4n) is 0.805. The highest BCUT2D eigenvalue weighted by molar-refractivity contribution is 7.67. The van der Waals surface area contributed by atoms with Crippen molar-refractivity contribution in [1.29, 1.82) is 0 Å². The molecule has 66 valence electrons. The average molecular weight is 179 g/mol. The molecule has 0 amide bonds. The standard InChI is InChI=1S/C6H13NO3S/c8-11(9)10-5-1-4-7-6-2-3-6/h6-7,11H,1-5H2. The van der Waals surface area contributed by atoms with Gasteiger partial charge in [-0.1, -0.05) is 0 Å². The third-order valence-electron chi connectivity index (χ3n) is 1.53. The van der Waals surface area contributed by atoms with Crippen LogP contribution < -0.4 is 5.32 Å². The van der Waals surface area contributed by atoms with Crippen LogP contribution in [0.25, 0.3) is 0 Å². The van der Waals surface area contributed by atoms with Crippen molar-refractivity contribution >= 4 is 11.0 Å². The van der Waals surface area contributed by atoms with Gasteiger partial charge in [0.15, 0.2) is 0 Å². The molecule has 1 saturated carbocycles. The van der Waals surface area contributed by atoms with Crippen molar-refractivity contribution in [2.75, 3.05) is 13.2 Å². The van der Waals surface area contributed by atoms with E-state index in [0.717, 1.165) is 13.0 Å². The van der Waals surface area contributed by atoms with Crippen molar-refractivity contribution in [3.63, 3.8) is 0 Å². The Kier molecular flexibility index (Phi) is 3.82. The van der Waals surface area contributed by atoms with Crippen molar-refractivity contribution in [3.05, 3.63) is 0 Å². The first-order chi connectivity index (χ1) is 5.29. The molecule has 1 fully saturated rings. The molecule has 0 aliphatic heterocycles. The first-order valence-corrected chi connectivity index (χ1v) is 4.89. The van der Waals surface area contributed by atoms with Crippen LogP contribution >= 0.6 is 0 Å². The highest BCUT2D eigenvalue weighted by Gasteiger charge is 2.19. The lowest BCUT2D eigenvalue weighted by Gasteiger charge is -1.99. The van der Waals surface area contributed by atoms with Gasteiger partial charge in [0.1, 0.15) is 0 Å². The molecule has 1 N–H and O–H groups in total. The molecule has 1 aliphatic rings. The molecule has 0 spiro atoms. The van der Waals surface area contributed by atoms with Crippen LogP contribution in [0, 0.1) is 0 Å². The summed E-state index contributed by atoms with van der Waals surface area (Å²) in [6.45, 7) is 1.16. The molecule has 0 aromatic carbocycles. The minimum atomic E-state index is -2.64. The Morgan fingerprint density at radius 3 is 2.73 bits per heavy atom. The molecule has 0 bridgehead atoms. The van der Waals surface area contributed by atoms with Crippen molar-refractivity contribution in [2.45, 2.75) is 25.3 Å². The Bertz CT molecular complexity index is 169. The maximum absolute atomic E-state index is 9.90. The van der Waals surface area contributed by atoms with Gasteiger partial charge in [0.05, 0.1) is 6.61 Å². The molecule has 0 radical (unpaired) electrons. The van der Waals surface area contributed by atoms with Crippen molar-refractivity contribution < 1.29 is 12.6 Å². The number of nitrogens with one attached hydrogen (secondary N) is 1. The number of rotatable bonds is 6. The Morgan fingerprint density at radius 1 is 1.45 bits per heavy atom. The van der Waals surface area contributed by atoms with Gasteiger partial charge in [0, 0.05) is 6.04 Å². The molecule has 0 saturated heterocycles. The monoisotopic (exact) mass is 179 g/mol. The van der Waals surface area contributed by atoms with Crippen LogP contribution in [0.2, 0.25) is 0 Å². The minimum absolute atomic E-state index is 0.304. The van der Waals surface area contributed by atoms with Crippen LogP contribution in [0.4, 0.5) is 0 Å². The fraction of sp³-hybridized carbons (Fsp3) is 1.00. The van der Waals surface area contributed by atoms with E-state index in [2.05, 4.69) is 9.50 Å². The molecule has 0 atom stereocenters. The molecule has 5 heteroatoms. The third kappa shape index (κ3) is 5.17. The quantitative estimate of drug-likeness (QED) is 0.433. The largest absolute Gasteiger partial charge is 0.314 e. The molecule has 0 heterocycles. The summed E-state index contributed by atoms with van der Waals surface area (Å²) in [5.74, 6) is 0. The van der Waals surface area contributed by atoms with Gasteiger partial charge in [-0.2, -0.15) is 0 Å². The van der Waals surface area contributed by atoms with Crippen LogP contribution in [0.3, 0.4) is 0 Å². The van der Waals surface area contributed by atoms with Gasteiger partial charge >= 0.3 is 0 Å². The zero-order chi connectivity index (χ0) is 8.10. The number of hydrogen-bond acceptors (Lipinski definition) is 4. The van der Waals surface area contributed by atoms with Gasteiger partial charge in [-0.25, -0.2) is 8.42 Å². The van der Waals surface area contributed by atoms with E-state index < -0.39 is 11.0 Å². The fourth-order valence-corrected chi connectivity index (χ4v) is 1.08. The Labute approximate surface area is 68.1 Å². The second kappa shape index (κ2) is 4.69. The molecular weight excluding hydrogens is 166 g/mol. The Balaban J connectivity index is 1.79. The van der Waals surface area contributed by atoms with Crippen molar-refractivity contribution in [1.82, 2.24) is 5.32 Å². The van der Waals surface area contributed by atoms with E-state index in [1.807, 2.05) is 0 Å². The zero-order valence-electron chi connectivity index (χ0n) is 6.28. The molecule has 0 unspecified atom stereocenters. The van der Waals surface area contributed by atoms with E-state index in [1.165, 1.54) is 12.8 Å². The van der Waals surface area contributed by atoms with Gasteiger partial charge in [0.25, 0.3) is 11.0 Å². The normalized spacial score (nSPS) is 17.5. The highest BCUT2D eigenvalue weighted by Crippen LogP contribution is 2.18. The molecule has 1 rings (SSSR count). The predicted octanol–water partition coefficient (Wildman–Crippen LogP) is -0.329. The summed E-state index contributed by atoms with van der Waals surface area (Å²) in [5.41, 5.74) is 0. The van der Waals surface area contributed by atoms with Gasteiger partial charge < -0.3 is 5.32 Å². The summed E-state index contributed by atoms with van der Waals surface area (Å²) in [7, 11) is -2.64. The van der Waals surface area contributed by atoms with Gasteiger partial charge in [-0.05, 0) is 25.8 Å². The first-order valence-electron chi connectivity index (χ1n) is 3.80. The molecule has 1 aliphatic carbocycles. The lowest BCUT2D eigenvalue weighted by molar-refractivity contribution is 0.323. The second-order valence-corrected chi connectivity index (χ2v) is 3.34. The van der Waals surface area contributed by atoms with E-state index in [-0.39, 0.29) is 0 Å². The minimum Gasteiger partial charge on any atom is -0.314 e.